The monoisotopic (exact) mass is 681 g/mol. The zero-order chi connectivity index (χ0) is 27.6. The van der Waals surface area contributed by atoms with Crippen LogP contribution in [0.25, 0.3) is 6.08 Å². The molecule has 38 heavy (non-hydrogen) atoms. The van der Waals surface area contributed by atoms with E-state index in [9.17, 15) is 23.3 Å². The number of carbonyl (C=O) groups excluding carboxylic acids is 1. The van der Waals surface area contributed by atoms with Gasteiger partial charge in [-0.2, -0.15) is 8.42 Å². The van der Waals surface area contributed by atoms with Gasteiger partial charge in [0.25, 0.3) is 11.6 Å². The van der Waals surface area contributed by atoms with Crippen molar-refractivity contribution < 1.29 is 27.1 Å². The van der Waals surface area contributed by atoms with E-state index in [0.29, 0.717) is 25.1 Å². The molecule has 1 heterocycles. The molecule has 0 aromatic heterocycles. The summed E-state index contributed by atoms with van der Waals surface area (Å²) in [6.07, 6.45) is 1.58. The minimum atomic E-state index is -4.13. The third-order valence-electron chi connectivity index (χ3n) is 5.07. The van der Waals surface area contributed by atoms with Crippen molar-refractivity contribution in [1.29, 1.82) is 0 Å². The third-order valence-corrected chi connectivity index (χ3v) is 8.44. The number of hydrogen-bond donors (Lipinski definition) is 1. The van der Waals surface area contributed by atoms with Gasteiger partial charge in [-0.05, 0) is 92.5 Å². The van der Waals surface area contributed by atoms with Gasteiger partial charge in [-0.3, -0.25) is 14.9 Å². The third kappa shape index (κ3) is 6.26. The molecule has 1 amide bonds. The number of amides is 1. The van der Waals surface area contributed by atoms with E-state index in [1.807, 2.05) is 6.92 Å². The molecule has 10 nitrogen and oxygen atoms in total. The number of aryl methyl sites for hydroxylation is 1. The number of nitro groups is 1. The first-order chi connectivity index (χ1) is 18.0. The molecule has 1 aliphatic heterocycles. The van der Waals surface area contributed by atoms with Gasteiger partial charge in [-0.1, -0.05) is 17.7 Å². The summed E-state index contributed by atoms with van der Waals surface area (Å²) in [6.45, 7) is 1.84. The average molecular weight is 683 g/mol. The number of nitro benzene ring substituents is 1. The van der Waals surface area contributed by atoms with E-state index in [0.717, 1.165) is 17.3 Å². The molecule has 1 aliphatic rings. The maximum Gasteiger partial charge on any atom is 0.339 e. The Balaban J connectivity index is 1.59. The fraction of sp³-hybridized carbons (Fsp3) is 0.0833. The van der Waals surface area contributed by atoms with Crippen LogP contribution >= 0.6 is 43.6 Å². The van der Waals surface area contributed by atoms with Crippen molar-refractivity contribution in [2.45, 2.75) is 11.8 Å². The van der Waals surface area contributed by atoms with Crippen LogP contribution in [0, 0.1) is 17.0 Å². The van der Waals surface area contributed by atoms with Crippen LogP contribution in [0.3, 0.4) is 0 Å². The summed E-state index contributed by atoms with van der Waals surface area (Å²) in [5.41, 5.74) is 1.75. The molecule has 0 bridgehead atoms. The first kappa shape index (κ1) is 27.8. The Morgan fingerprint density at radius 3 is 2.42 bits per heavy atom. The van der Waals surface area contributed by atoms with Crippen LogP contribution in [0.1, 0.15) is 11.1 Å². The summed E-state index contributed by atoms with van der Waals surface area (Å²) in [7, 11) is -2.76. The zero-order valence-electron chi connectivity index (χ0n) is 19.6. The van der Waals surface area contributed by atoms with Gasteiger partial charge in [0.1, 0.15) is 4.90 Å². The normalized spacial score (nSPS) is 15.5. The van der Waals surface area contributed by atoms with Crippen LogP contribution in [-0.4, -0.2) is 31.5 Å². The van der Waals surface area contributed by atoms with Crippen LogP contribution in [0.2, 0.25) is 0 Å². The van der Waals surface area contributed by atoms with Crippen molar-refractivity contribution in [3.05, 3.63) is 89.7 Å². The number of benzene rings is 3. The topological polar surface area (TPSA) is 137 Å². The second-order valence-electron chi connectivity index (χ2n) is 7.76. The van der Waals surface area contributed by atoms with Crippen molar-refractivity contribution >= 4 is 82.3 Å². The number of aliphatic imine (C=N–C) groups is 1. The highest BCUT2D eigenvalue weighted by molar-refractivity contribution is 9.11. The van der Waals surface area contributed by atoms with Gasteiger partial charge in [-0.15, -0.1) is 0 Å². The molecule has 0 radical (unpaired) electrons. The van der Waals surface area contributed by atoms with E-state index >= 15 is 0 Å². The Hall–Kier alpha value is -3.20. The van der Waals surface area contributed by atoms with Crippen LogP contribution in [0.15, 0.2) is 78.3 Å². The number of ether oxygens (including phenoxy) is 1. The molecule has 0 aliphatic carbocycles. The summed E-state index contributed by atoms with van der Waals surface area (Å²) < 4.78 is 37.0. The molecule has 0 unspecified atom stereocenters. The number of carbonyl (C=O) groups is 1. The lowest BCUT2D eigenvalue weighted by atomic mass is 10.2. The first-order valence-electron chi connectivity index (χ1n) is 10.6. The number of non-ortho nitro benzene ring substituents is 1. The molecule has 1 saturated heterocycles. The van der Waals surface area contributed by atoms with Gasteiger partial charge in [0.15, 0.2) is 16.7 Å². The van der Waals surface area contributed by atoms with E-state index in [4.69, 9.17) is 8.92 Å². The first-order valence-corrected chi connectivity index (χ1v) is 14.4. The molecule has 1 fully saturated rings. The molecule has 0 saturated carbocycles. The Kier molecular flexibility index (Phi) is 8.25. The predicted octanol–water partition coefficient (Wildman–Crippen LogP) is 6.10. The number of nitrogens with zero attached hydrogens (tertiary/aromatic N) is 2. The van der Waals surface area contributed by atoms with E-state index in [1.54, 1.807) is 24.3 Å². The van der Waals surface area contributed by atoms with E-state index in [2.05, 4.69) is 42.2 Å². The summed E-state index contributed by atoms with van der Waals surface area (Å²) >= 11 is 7.66. The standard InChI is InChI=1S/C24H17Br2N3O7S2/c1-13-3-6-16(7-4-13)38(33,34)36-22-18(26)9-14(10-20(22)35-2)11-21-23(30)28-24(37-21)27-19-8-5-15(29(31)32)12-17(19)25/h3-12H,1-2H3,(H,27,28,30)/b21-11+. The number of methoxy groups -OCH3 is 1. The van der Waals surface area contributed by atoms with Crippen LogP contribution in [0.4, 0.5) is 11.4 Å². The van der Waals surface area contributed by atoms with Gasteiger partial charge < -0.3 is 14.2 Å². The Bertz CT molecular complexity index is 1620. The van der Waals surface area contributed by atoms with E-state index in [1.165, 1.54) is 43.5 Å². The molecular formula is C24H17Br2N3O7S2. The maximum atomic E-state index is 12.8. The van der Waals surface area contributed by atoms with Gasteiger partial charge in [0.2, 0.25) is 0 Å². The smallest absolute Gasteiger partial charge is 0.339 e. The van der Waals surface area contributed by atoms with Crippen molar-refractivity contribution in [1.82, 2.24) is 5.32 Å². The van der Waals surface area contributed by atoms with Crippen molar-refractivity contribution in [3.8, 4) is 11.5 Å². The second-order valence-corrected chi connectivity index (χ2v) is 12.0. The molecule has 0 spiro atoms. The highest BCUT2D eigenvalue weighted by atomic mass is 79.9. The minimum Gasteiger partial charge on any atom is -0.493 e. The highest BCUT2D eigenvalue weighted by Crippen LogP contribution is 2.40. The number of nitrogens with one attached hydrogen (secondary N) is 1. The largest absolute Gasteiger partial charge is 0.493 e. The molecule has 196 valence electrons. The molecule has 4 rings (SSSR count). The fourth-order valence-corrected chi connectivity index (χ4v) is 6.10. The predicted molar refractivity (Wildman–Crippen MR) is 151 cm³/mol. The fourth-order valence-electron chi connectivity index (χ4n) is 3.21. The van der Waals surface area contributed by atoms with Crippen molar-refractivity contribution in [2.75, 3.05) is 7.11 Å². The van der Waals surface area contributed by atoms with Gasteiger partial charge in [0, 0.05) is 12.1 Å². The zero-order valence-corrected chi connectivity index (χ0v) is 24.4. The maximum absolute atomic E-state index is 12.8. The van der Waals surface area contributed by atoms with E-state index in [-0.39, 0.29) is 27.2 Å². The lowest BCUT2D eigenvalue weighted by molar-refractivity contribution is -0.384. The van der Waals surface area contributed by atoms with Crippen molar-refractivity contribution in [3.63, 3.8) is 0 Å². The van der Waals surface area contributed by atoms with Crippen molar-refractivity contribution in [2.24, 2.45) is 4.99 Å². The molecule has 3 aromatic rings. The quantitative estimate of drug-likeness (QED) is 0.137. The Labute approximate surface area is 238 Å². The molecule has 1 N–H and O–H groups in total. The lowest BCUT2D eigenvalue weighted by Crippen LogP contribution is -2.19. The van der Waals surface area contributed by atoms with Gasteiger partial charge in [-0.25, -0.2) is 4.99 Å². The molecule has 0 atom stereocenters. The summed E-state index contributed by atoms with van der Waals surface area (Å²) in [4.78, 5) is 27.6. The molecule has 3 aromatic carbocycles. The summed E-state index contributed by atoms with van der Waals surface area (Å²) in [5.74, 6) is -0.304. The highest BCUT2D eigenvalue weighted by Gasteiger charge is 2.26. The molecular weight excluding hydrogens is 666 g/mol. The number of rotatable bonds is 7. The Morgan fingerprint density at radius 2 is 1.79 bits per heavy atom. The summed E-state index contributed by atoms with van der Waals surface area (Å²) in [6, 6.07) is 13.5. The molecule has 14 heteroatoms. The van der Waals surface area contributed by atoms with Crippen LogP contribution in [-0.2, 0) is 14.9 Å². The number of halogens is 2. The second kappa shape index (κ2) is 11.3. The minimum absolute atomic E-state index is 0.00579. The Morgan fingerprint density at radius 1 is 1.08 bits per heavy atom. The number of thioether (sulfide) groups is 1. The van der Waals surface area contributed by atoms with Crippen LogP contribution < -0.4 is 14.2 Å². The average Bonchev–Trinajstić information content (AvgIpc) is 3.20. The lowest BCUT2D eigenvalue weighted by Gasteiger charge is -2.13. The number of amidine groups is 1. The van der Waals surface area contributed by atoms with E-state index < -0.39 is 20.9 Å². The van der Waals surface area contributed by atoms with Crippen LogP contribution in [0.5, 0.6) is 11.5 Å². The number of hydrogen-bond acceptors (Lipinski definition) is 9. The SMILES string of the molecule is COc1cc(/C=C2/SC(=Nc3ccc([N+](=O)[O-])cc3Br)NC2=O)cc(Br)c1OS(=O)(=O)c1ccc(C)cc1. The van der Waals surface area contributed by atoms with Gasteiger partial charge in [0.05, 0.1) is 31.6 Å². The summed E-state index contributed by atoms with van der Waals surface area (Å²) in [5, 5.41) is 13.9. The van der Waals surface area contributed by atoms with Gasteiger partial charge >= 0.3 is 10.1 Å².